The highest BCUT2D eigenvalue weighted by atomic mass is 32.1. The van der Waals surface area contributed by atoms with Crippen LogP contribution in [0.1, 0.15) is 37.0 Å². The van der Waals surface area contributed by atoms with Gasteiger partial charge in [0, 0.05) is 17.0 Å². The topological polar surface area (TPSA) is 64.1 Å². The van der Waals surface area contributed by atoms with E-state index >= 15 is 0 Å². The van der Waals surface area contributed by atoms with Crippen LogP contribution in [0.25, 0.3) is 0 Å². The predicted molar refractivity (Wildman–Crippen MR) is 81.2 cm³/mol. The molecule has 0 aliphatic heterocycles. The van der Waals surface area contributed by atoms with Gasteiger partial charge in [0.25, 0.3) is 0 Å². The number of nitrogens with zero attached hydrogens (tertiary/aromatic N) is 2. The average molecular weight is 311 g/mol. The van der Waals surface area contributed by atoms with E-state index in [4.69, 9.17) is 4.74 Å². The minimum Gasteiger partial charge on any atom is -0.466 e. The van der Waals surface area contributed by atoms with Gasteiger partial charge in [0.05, 0.1) is 24.8 Å². The molecule has 2 aromatic rings. The van der Waals surface area contributed by atoms with Gasteiger partial charge in [0.1, 0.15) is 5.01 Å². The maximum atomic E-state index is 11.4. The Morgan fingerprint density at radius 1 is 1.45 bits per heavy atom. The summed E-state index contributed by atoms with van der Waals surface area (Å²) in [6.45, 7) is 4.30. The van der Waals surface area contributed by atoms with Crippen LogP contribution in [0.5, 0.6) is 0 Å². The molecule has 2 aromatic heterocycles. The molecule has 5 nitrogen and oxygen atoms in total. The molecule has 1 N–H and O–H groups in total. The molecule has 0 bridgehead atoms. The number of ether oxygens (including phenoxy) is 1. The van der Waals surface area contributed by atoms with Crippen molar-refractivity contribution in [3.05, 3.63) is 27.7 Å². The van der Waals surface area contributed by atoms with E-state index in [-0.39, 0.29) is 18.4 Å². The Hall–Kier alpha value is -1.47. The third-order valence-corrected chi connectivity index (χ3v) is 4.35. The Bertz CT molecular complexity index is 540. The van der Waals surface area contributed by atoms with Gasteiger partial charge in [0.15, 0.2) is 5.13 Å². The zero-order valence-corrected chi connectivity index (χ0v) is 13.1. The Labute approximate surface area is 126 Å². The standard InChI is InChI=1S/C13H17N3O2S2/c1-3-10(12-14-5-6-19-12)16-13-15-9(8-20-13)7-11(17)18-4-2/h5-6,8,10H,3-4,7H2,1-2H3,(H,15,16). The van der Waals surface area contributed by atoms with Crippen LogP contribution in [0.3, 0.4) is 0 Å². The van der Waals surface area contributed by atoms with E-state index in [0.717, 1.165) is 22.3 Å². The van der Waals surface area contributed by atoms with Gasteiger partial charge in [-0.15, -0.1) is 22.7 Å². The second-order valence-corrected chi connectivity index (χ2v) is 5.89. The lowest BCUT2D eigenvalue weighted by molar-refractivity contribution is -0.142. The number of esters is 1. The minimum absolute atomic E-state index is 0.164. The quantitative estimate of drug-likeness (QED) is 0.795. The monoisotopic (exact) mass is 311 g/mol. The van der Waals surface area contributed by atoms with E-state index in [2.05, 4.69) is 22.2 Å². The van der Waals surface area contributed by atoms with E-state index < -0.39 is 0 Å². The normalized spacial score (nSPS) is 12.1. The van der Waals surface area contributed by atoms with Crippen LogP contribution >= 0.6 is 22.7 Å². The second-order valence-electron chi connectivity index (χ2n) is 4.10. The summed E-state index contributed by atoms with van der Waals surface area (Å²) >= 11 is 3.13. The van der Waals surface area contributed by atoms with Crippen molar-refractivity contribution in [2.45, 2.75) is 32.7 Å². The Kier molecular flexibility index (Phi) is 5.49. The Morgan fingerprint density at radius 3 is 2.95 bits per heavy atom. The molecule has 0 radical (unpaired) electrons. The zero-order chi connectivity index (χ0) is 14.4. The Balaban J connectivity index is 1.96. The van der Waals surface area contributed by atoms with Crippen molar-refractivity contribution in [1.82, 2.24) is 9.97 Å². The van der Waals surface area contributed by atoms with Crippen LogP contribution in [-0.2, 0) is 16.0 Å². The molecule has 1 atom stereocenters. The molecular formula is C13H17N3O2S2. The maximum absolute atomic E-state index is 11.4. The number of aromatic nitrogens is 2. The van der Waals surface area contributed by atoms with E-state index in [1.807, 2.05) is 10.8 Å². The van der Waals surface area contributed by atoms with Crippen molar-refractivity contribution in [2.75, 3.05) is 11.9 Å². The summed E-state index contributed by atoms with van der Waals surface area (Å²) < 4.78 is 4.91. The molecule has 2 rings (SSSR count). The lowest BCUT2D eigenvalue weighted by atomic mass is 10.2. The number of rotatable bonds is 7. The first-order valence-electron chi connectivity index (χ1n) is 6.48. The van der Waals surface area contributed by atoms with Gasteiger partial charge < -0.3 is 10.1 Å². The maximum Gasteiger partial charge on any atom is 0.311 e. The first kappa shape index (κ1) is 14.9. The fourth-order valence-corrected chi connectivity index (χ4v) is 3.25. The van der Waals surface area contributed by atoms with Crippen molar-refractivity contribution in [1.29, 1.82) is 0 Å². The highest BCUT2D eigenvalue weighted by molar-refractivity contribution is 7.13. The van der Waals surface area contributed by atoms with Crippen molar-refractivity contribution in [3.8, 4) is 0 Å². The van der Waals surface area contributed by atoms with Gasteiger partial charge in [0.2, 0.25) is 0 Å². The van der Waals surface area contributed by atoms with Gasteiger partial charge in [-0.25, -0.2) is 9.97 Å². The fourth-order valence-electron chi connectivity index (χ4n) is 1.71. The summed E-state index contributed by atoms with van der Waals surface area (Å²) in [4.78, 5) is 20.1. The van der Waals surface area contributed by atoms with Crippen molar-refractivity contribution in [3.63, 3.8) is 0 Å². The molecule has 0 aliphatic rings. The van der Waals surface area contributed by atoms with Crippen molar-refractivity contribution < 1.29 is 9.53 Å². The SMILES string of the molecule is CCOC(=O)Cc1csc(NC(CC)c2nccs2)n1. The van der Waals surface area contributed by atoms with Crippen LogP contribution in [-0.4, -0.2) is 22.5 Å². The number of hydrogen-bond donors (Lipinski definition) is 1. The molecule has 0 aromatic carbocycles. The van der Waals surface area contributed by atoms with Crippen molar-refractivity contribution >= 4 is 33.8 Å². The summed E-state index contributed by atoms with van der Waals surface area (Å²) in [5, 5.41) is 9.07. The van der Waals surface area contributed by atoms with Crippen LogP contribution < -0.4 is 5.32 Å². The van der Waals surface area contributed by atoms with E-state index in [9.17, 15) is 4.79 Å². The highest BCUT2D eigenvalue weighted by Crippen LogP contribution is 2.26. The van der Waals surface area contributed by atoms with Crippen LogP contribution in [0.15, 0.2) is 17.0 Å². The third-order valence-electron chi connectivity index (χ3n) is 2.64. The molecular weight excluding hydrogens is 294 g/mol. The summed E-state index contributed by atoms with van der Waals surface area (Å²) in [5.74, 6) is -0.240. The molecule has 0 saturated carbocycles. The second kappa shape index (κ2) is 7.35. The van der Waals surface area contributed by atoms with Crippen LogP contribution in [0, 0.1) is 0 Å². The first-order valence-corrected chi connectivity index (χ1v) is 8.24. The minimum atomic E-state index is -0.240. The number of carbonyl (C=O) groups is 1. The molecule has 20 heavy (non-hydrogen) atoms. The van der Waals surface area contributed by atoms with E-state index in [1.165, 1.54) is 11.3 Å². The largest absolute Gasteiger partial charge is 0.466 e. The Morgan fingerprint density at radius 2 is 2.30 bits per heavy atom. The summed E-state index contributed by atoms with van der Waals surface area (Å²) in [5.41, 5.74) is 0.741. The molecule has 0 amide bonds. The smallest absolute Gasteiger partial charge is 0.311 e. The van der Waals surface area contributed by atoms with Gasteiger partial charge in [-0.05, 0) is 13.3 Å². The summed E-state index contributed by atoms with van der Waals surface area (Å²) in [6, 6.07) is 0.164. The summed E-state index contributed by atoms with van der Waals surface area (Å²) in [6.07, 6.45) is 2.96. The molecule has 2 heterocycles. The zero-order valence-electron chi connectivity index (χ0n) is 11.5. The van der Waals surface area contributed by atoms with Crippen LogP contribution in [0.4, 0.5) is 5.13 Å². The van der Waals surface area contributed by atoms with Gasteiger partial charge in [-0.3, -0.25) is 4.79 Å². The van der Waals surface area contributed by atoms with Crippen molar-refractivity contribution in [2.24, 2.45) is 0 Å². The van der Waals surface area contributed by atoms with Crippen LogP contribution in [0.2, 0.25) is 0 Å². The van der Waals surface area contributed by atoms with E-state index in [1.54, 1.807) is 24.5 Å². The number of hydrogen-bond acceptors (Lipinski definition) is 7. The highest BCUT2D eigenvalue weighted by Gasteiger charge is 2.14. The average Bonchev–Trinajstić information content (AvgIpc) is 3.07. The number of anilines is 1. The molecule has 0 spiro atoms. The molecule has 1 unspecified atom stereocenters. The fraction of sp³-hybridized carbons (Fsp3) is 0.462. The molecule has 108 valence electrons. The van der Waals surface area contributed by atoms with Gasteiger partial charge >= 0.3 is 5.97 Å². The molecule has 0 saturated heterocycles. The number of carbonyl (C=O) groups excluding carboxylic acids is 1. The number of nitrogens with one attached hydrogen (secondary N) is 1. The van der Waals surface area contributed by atoms with Gasteiger partial charge in [-0.2, -0.15) is 0 Å². The molecule has 0 aliphatic carbocycles. The van der Waals surface area contributed by atoms with Gasteiger partial charge in [-0.1, -0.05) is 6.92 Å². The first-order chi connectivity index (χ1) is 9.72. The molecule has 7 heteroatoms. The predicted octanol–water partition coefficient (Wildman–Crippen LogP) is 3.27. The lowest BCUT2D eigenvalue weighted by Crippen LogP contribution is -2.10. The third kappa shape index (κ3) is 4.01. The molecule has 0 fully saturated rings. The van der Waals surface area contributed by atoms with E-state index in [0.29, 0.717) is 6.61 Å². The summed E-state index contributed by atoms with van der Waals surface area (Å²) in [7, 11) is 0. The number of thiazole rings is 2. The lowest BCUT2D eigenvalue weighted by Gasteiger charge is -2.12.